The van der Waals surface area contributed by atoms with Gasteiger partial charge in [0, 0.05) is 0 Å². The van der Waals surface area contributed by atoms with E-state index in [1.807, 2.05) is 0 Å². The lowest BCUT2D eigenvalue weighted by Crippen LogP contribution is -2.25. The largest absolute Gasteiger partial charge is 0.314 e. The topological polar surface area (TPSA) is 21.3 Å². The zero-order valence-electron chi connectivity index (χ0n) is 3.74. The highest BCUT2D eigenvalue weighted by molar-refractivity contribution is 6.31. The van der Waals surface area contributed by atoms with Crippen LogP contribution in [0.1, 0.15) is 6.42 Å². The molecule has 0 aliphatic carbocycles. The second-order valence-electron chi connectivity index (χ2n) is 1.45. The van der Waals surface area contributed by atoms with E-state index in [0.29, 0.717) is 0 Å². The number of rotatable bonds is 0. The summed E-state index contributed by atoms with van der Waals surface area (Å²) in [6.45, 7) is 0.889. The highest BCUT2D eigenvalue weighted by Crippen LogP contribution is 1.90. The predicted molar refractivity (Wildman–Crippen MR) is 25.7 cm³/mol. The van der Waals surface area contributed by atoms with Crippen molar-refractivity contribution < 1.29 is 4.84 Å². The molecule has 1 saturated heterocycles. The van der Waals surface area contributed by atoms with Crippen molar-refractivity contribution in [3.05, 3.63) is 0 Å². The molecule has 1 aliphatic rings. The van der Waals surface area contributed by atoms with E-state index in [4.69, 9.17) is 4.84 Å². The van der Waals surface area contributed by atoms with Gasteiger partial charge in [-0.25, -0.2) is 5.39 Å². The van der Waals surface area contributed by atoms with E-state index in [2.05, 4.69) is 5.39 Å². The summed E-state index contributed by atoms with van der Waals surface area (Å²) in [5.41, 5.74) is 0. The van der Waals surface area contributed by atoms with Gasteiger partial charge in [-0.1, -0.05) is 6.32 Å². The number of hydrogen-bond donors (Lipinski definition) is 1. The first-order chi connectivity index (χ1) is 3.00. The summed E-state index contributed by atoms with van der Waals surface area (Å²) in [6, 6.07) is 0. The van der Waals surface area contributed by atoms with Crippen LogP contribution in [0.3, 0.4) is 0 Å². The molecule has 0 spiro atoms. The van der Waals surface area contributed by atoms with Crippen LogP contribution in [-0.4, -0.2) is 14.0 Å². The minimum atomic E-state index is 0.889. The zero-order chi connectivity index (χ0) is 4.24. The summed E-state index contributed by atoms with van der Waals surface area (Å²) >= 11 is 0. The Hall–Kier alpha value is -0.0151. The molecular formula is C3H8BNO. The molecule has 0 aromatic carbocycles. The minimum absolute atomic E-state index is 0.889. The molecule has 0 unspecified atom stereocenters. The molecule has 0 aromatic rings. The van der Waals surface area contributed by atoms with E-state index >= 15 is 0 Å². The summed E-state index contributed by atoms with van der Waals surface area (Å²) in [6.07, 6.45) is 2.48. The van der Waals surface area contributed by atoms with Crippen LogP contribution in [-0.2, 0) is 4.84 Å². The maximum atomic E-state index is 4.82. The summed E-state index contributed by atoms with van der Waals surface area (Å²) in [5, 5.41) is 2.78. The average Bonchev–Trinajstić information content (AvgIpc) is 1.72. The van der Waals surface area contributed by atoms with Gasteiger partial charge in [0.15, 0.2) is 0 Å². The van der Waals surface area contributed by atoms with E-state index in [-0.39, 0.29) is 0 Å². The Morgan fingerprint density at radius 2 is 2.67 bits per heavy atom. The summed E-state index contributed by atoms with van der Waals surface area (Å²) in [4.78, 5) is 4.82. The highest BCUT2D eigenvalue weighted by atomic mass is 16.6. The molecule has 0 amide bonds. The monoisotopic (exact) mass is 85.1 g/mol. The first kappa shape index (κ1) is 4.15. The SMILES string of the molecule is B1CCCON1. The molecule has 34 valence electrons. The molecule has 1 N–H and O–H groups in total. The Balaban J connectivity index is 2.00. The standard InChI is InChI=1S/C3H8BNO/c1-2-4-5-6-3-1/h4-5H,1-3H2. The van der Waals surface area contributed by atoms with Crippen LogP contribution in [0, 0.1) is 0 Å². The van der Waals surface area contributed by atoms with E-state index < -0.39 is 0 Å². The van der Waals surface area contributed by atoms with Crippen molar-refractivity contribution in [3.8, 4) is 0 Å². The zero-order valence-corrected chi connectivity index (χ0v) is 3.74. The Bertz CT molecular complexity index is 26.3. The first-order valence-electron chi connectivity index (χ1n) is 2.35. The summed E-state index contributed by atoms with van der Waals surface area (Å²) in [5.74, 6) is 0. The van der Waals surface area contributed by atoms with Crippen LogP contribution >= 0.6 is 0 Å². The fourth-order valence-corrected chi connectivity index (χ4v) is 0.516. The summed E-state index contributed by atoms with van der Waals surface area (Å²) in [7, 11) is 1.03. The van der Waals surface area contributed by atoms with Crippen LogP contribution in [0.4, 0.5) is 0 Å². The smallest absolute Gasteiger partial charge is 0.234 e. The highest BCUT2D eigenvalue weighted by Gasteiger charge is 1.96. The van der Waals surface area contributed by atoms with Gasteiger partial charge in [-0.3, -0.25) is 0 Å². The van der Waals surface area contributed by atoms with Gasteiger partial charge in [0.05, 0.1) is 6.61 Å². The van der Waals surface area contributed by atoms with Crippen molar-refractivity contribution in [2.45, 2.75) is 12.7 Å². The Morgan fingerprint density at radius 3 is 2.83 bits per heavy atom. The van der Waals surface area contributed by atoms with Crippen molar-refractivity contribution in [2.24, 2.45) is 0 Å². The molecule has 1 rings (SSSR count). The van der Waals surface area contributed by atoms with E-state index in [0.717, 1.165) is 14.0 Å². The van der Waals surface area contributed by atoms with Crippen molar-refractivity contribution in [1.29, 1.82) is 0 Å². The fourth-order valence-electron chi connectivity index (χ4n) is 0.516. The molecule has 1 fully saturated rings. The van der Waals surface area contributed by atoms with Crippen LogP contribution in [0.5, 0.6) is 0 Å². The predicted octanol–water partition coefficient (Wildman–Crippen LogP) is -0.319. The van der Waals surface area contributed by atoms with Gasteiger partial charge in [0.1, 0.15) is 0 Å². The maximum absolute atomic E-state index is 4.82. The van der Waals surface area contributed by atoms with Crippen molar-refractivity contribution in [3.63, 3.8) is 0 Å². The molecule has 0 aromatic heterocycles. The van der Waals surface area contributed by atoms with Gasteiger partial charge < -0.3 is 4.84 Å². The third-order valence-corrected chi connectivity index (χ3v) is 0.877. The molecule has 0 atom stereocenters. The fraction of sp³-hybridized carbons (Fsp3) is 1.00. The summed E-state index contributed by atoms with van der Waals surface area (Å²) < 4.78 is 0. The van der Waals surface area contributed by atoms with Crippen molar-refractivity contribution >= 4 is 7.41 Å². The third-order valence-electron chi connectivity index (χ3n) is 0.877. The van der Waals surface area contributed by atoms with Gasteiger partial charge >= 0.3 is 0 Å². The van der Waals surface area contributed by atoms with Gasteiger partial charge in [-0.2, -0.15) is 0 Å². The van der Waals surface area contributed by atoms with Crippen LogP contribution in [0.25, 0.3) is 0 Å². The lowest BCUT2D eigenvalue weighted by molar-refractivity contribution is 0.0817. The second kappa shape index (κ2) is 2.21. The molecule has 2 nitrogen and oxygen atoms in total. The van der Waals surface area contributed by atoms with E-state index in [9.17, 15) is 0 Å². The Kier molecular flexibility index (Phi) is 1.53. The molecule has 1 aliphatic heterocycles. The lowest BCUT2D eigenvalue weighted by atomic mass is 9.88. The maximum Gasteiger partial charge on any atom is 0.234 e. The lowest BCUT2D eigenvalue weighted by Gasteiger charge is -2.08. The third kappa shape index (κ3) is 0.991. The molecule has 0 bridgehead atoms. The minimum Gasteiger partial charge on any atom is -0.314 e. The van der Waals surface area contributed by atoms with Crippen molar-refractivity contribution in [2.75, 3.05) is 6.61 Å². The molecule has 0 saturated carbocycles. The Morgan fingerprint density at radius 1 is 1.67 bits per heavy atom. The molecular weight excluding hydrogens is 76.9 g/mol. The normalized spacial score (nSPS) is 22.7. The van der Waals surface area contributed by atoms with Gasteiger partial charge in [-0.05, 0) is 6.42 Å². The number of hydrogen-bond acceptors (Lipinski definition) is 2. The van der Waals surface area contributed by atoms with Crippen LogP contribution < -0.4 is 5.39 Å². The van der Waals surface area contributed by atoms with E-state index in [1.54, 1.807) is 0 Å². The van der Waals surface area contributed by atoms with E-state index in [1.165, 1.54) is 12.7 Å². The van der Waals surface area contributed by atoms with Crippen molar-refractivity contribution in [1.82, 2.24) is 5.39 Å². The second-order valence-corrected chi connectivity index (χ2v) is 1.45. The first-order valence-corrected chi connectivity index (χ1v) is 2.35. The van der Waals surface area contributed by atoms with Gasteiger partial charge in [-0.15, -0.1) is 0 Å². The molecule has 6 heavy (non-hydrogen) atoms. The van der Waals surface area contributed by atoms with Gasteiger partial charge in [0.2, 0.25) is 7.41 Å². The quantitative estimate of drug-likeness (QED) is 0.407. The molecule has 3 heteroatoms. The molecule has 1 heterocycles. The van der Waals surface area contributed by atoms with Crippen LogP contribution in [0.2, 0.25) is 6.32 Å². The van der Waals surface area contributed by atoms with Gasteiger partial charge in [0.25, 0.3) is 0 Å². The van der Waals surface area contributed by atoms with Crippen LogP contribution in [0.15, 0.2) is 0 Å². The average molecular weight is 84.9 g/mol. The number of nitrogens with one attached hydrogen (secondary N) is 1. The molecule has 0 radical (unpaired) electrons. The Labute approximate surface area is 38.1 Å².